The van der Waals surface area contributed by atoms with Crippen molar-refractivity contribution in [2.24, 2.45) is 0 Å². The lowest BCUT2D eigenvalue weighted by Gasteiger charge is -2.24. The lowest BCUT2D eigenvalue weighted by molar-refractivity contribution is -0.483. The Morgan fingerprint density at radius 1 is 1.03 bits per heavy atom. The summed E-state index contributed by atoms with van der Waals surface area (Å²) in [5.41, 5.74) is 1.49. The second kappa shape index (κ2) is 10.8. The zero-order valence-corrected chi connectivity index (χ0v) is 19.3. The minimum atomic E-state index is -0.772. The van der Waals surface area contributed by atoms with Crippen molar-refractivity contribution in [2.45, 2.75) is 16.1 Å². The van der Waals surface area contributed by atoms with E-state index in [0.717, 1.165) is 10.6 Å². The monoisotopic (exact) mass is 473 g/mol. The Hall–Kier alpha value is -3.91. The van der Waals surface area contributed by atoms with Crippen LogP contribution in [-0.4, -0.2) is 39.2 Å². The number of para-hydroxylation sites is 1. The summed E-state index contributed by atoms with van der Waals surface area (Å²) in [6.45, 7) is -0.394. The van der Waals surface area contributed by atoms with Crippen LogP contribution in [0.3, 0.4) is 0 Å². The summed E-state index contributed by atoms with van der Waals surface area (Å²) in [7, 11) is 1.56. The summed E-state index contributed by atoms with van der Waals surface area (Å²) in [5.74, 6) is -0.0757. The van der Waals surface area contributed by atoms with Gasteiger partial charge in [-0.05, 0) is 42.0 Å². The number of nitrogens with zero attached hydrogens (tertiary/aromatic N) is 3. The van der Waals surface area contributed by atoms with Gasteiger partial charge in [-0.15, -0.1) is 11.8 Å². The standard InChI is InChI=1S/C26H23N3O4S/c1-33-21-14-12-19(13-15-21)23(18-29(31)32)25(34-22-10-6-3-7-11-22)24(30)26-27-16-17-28(26)20-8-4-2-5-9-20/h2-17,23,25H,18H2,1H3/t23-,25+/m1/s1. The summed E-state index contributed by atoms with van der Waals surface area (Å²) in [6.07, 6.45) is 3.29. The molecule has 7 nitrogen and oxygen atoms in total. The number of carbonyl (C=O) groups is 1. The molecule has 8 heteroatoms. The second-order valence-corrected chi connectivity index (χ2v) is 8.78. The first-order valence-electron chi connectivity index (χ1n) is 10.7. The Morgan fingerprint density at radius 3 is 2.29 bits per heavy atom. The predicted molar refractivity (Wildman–Crippen MR) is 132 cm³/mol. The predicted octanol–water partition coefficient (Wildman–Crippen LogP) is 5.29. The number of nitro groups is 1. The topological polar surface area (TPSA) is 87.3 Å². The molecule has 34 heavy (non-hydrogen) atoms. The van der Waals surface area contributed by atoms with Crippen LogP contribution in [0.25, 0.3) is 5.69 Å². The molecule has 3 aromatic carbocycles. The summed E-state index contributed by atoms with van der Waals surface area (Å²) in [4.78, 5) is 30.5. The van der Waals surface area contributed by atoms with Crippen LogP contribution < -0.4 is 4.74 Å². The molecule has 0 fully saturated rings. The number of benzene rings is 3. The average molecular weight is 474 g/mol. The van der Waals surface area contributed by atoms with Crippen molar-refractivity contribution in [3.8, 4) is 11.4 Å². The van der Waals surface area contributed by atoms with Crippen LogP contribution in [0.4, 0.5) is 0 Å². The third-order valence-corrected chi connectivity index (χ3v) is 6.76. The van der Waals surface area contributed by atoms with Gasteiger partial charge in [0.15, 0.2) is 5.82 Å². The normalized spacial score (nSPS) is 12.6. The van der Waals surface area contributed by atoms with Crippen LogP contribution in [0.5, 0.6) is 5.75 Å². The Bertz CT molecular complexity index is 1240. The number of aromatic nitrogens is 2. The molecule has 4 aromatic rings. The maximum atomic E-state index is 14.0. The molecule has 0 aliphatic carbocycles. The molecule has 0 aliphatic rings. The molecule has 4 rings (SSSR count). The minimum Gasteiger partial charge on any atom is -0.497 e. The Balaban J connectivity index is 1.78. The molecule has 172 valence electrons. The number of imidazole rings is 1. The second-order valence-electron chi connectivity index (χ2n) is 7.57. The van der Waals surface area contributed by atoms with E-state index in [0.29, 0.717) is 11.3 Å². The van der Waals surface area contributed by atoms with Gasteiger partial charge in [0, 0.05) is 27.9 Å². The molecule has 0 saturated heterocycles. The fraction of sp³-hybridized carbons (Fsp3) is 0.154. The lowest BCUT2D eigenvalue weighted by Crippen LogP contribution is -2.32. The highest BCUT2D eigenvalue weighted by Gasteiger charge is 2.37. The van der Waals surface area contributed by atoms with Crippen molar-refractivity contribution in [2.75, 3.05) is 13.7 Å². The van der Waals surface area contributed by atoms with E-state index in [9.17, 15) is 14.9 Å². The molecule has 2 atom stereocenters. The molecule has 0 unspecified atom stereocenters. The maximum absolute atomic E-state index is 14.0. The van der Waals surface area contributed by atoms with E-state index >= 15 is 0 Å². The largest absolute Gasteiger partial charge is 0.497 e. The van der Waals surface area contributed by atoms with Crippen molar-refractivity contribution < 1.29 is 14.5 Å². The molecule has 0 radical (unpaired) electrons. The quantitative estimate of drug-likeness (QED) is 0.135. The number of ether oxygens (including phenoxy) is 1. The highest BCUT2D eigenvalue weighted by Crippen LogP contribution is 2.37. The summed E-state index contributed by atoms with van der Waals surface area (Å²) in [5, 5.41) is 10.9. The molecule has 0 N–H and O–H groups in total. The molecule has 0 spiro atoms. The summed E-state index contributed by atoms with van der Waals surface area (Å²) in [6, 6.07) is 25.9. The average Bonchev–Trinajstić information content (AvgIpc) is 3.37. The maximum Gasteiger partial charge on any atom is 0.212 e. The lowest BCUT2D eigenvalue weighted by atomic mass is 9.92. The number of hydrogen-bond acceptors (Lipinski definition) is 6. The van der Waals surface area contributed by atoms with E-state index in [1.54, 1.807) is 48.3 Å². The van der Waals surface area contributed by atoms with Gasteiger partial charge in [0.05, 0.1) is 18.3 Å². The zero-order chi connectivity index (χ0) is 23.9. The van der Waals surface area contributed by atoms with Gasteiger partial charge in [0.25, 0.3) is 0 Å². The molecule has 0 saturated carbocycles. The first kappa shape index (κ1) is 23.3. The first-order valence-corrected chi connectivity index (χ1v) is 11.5. The SMILES string of the molecule is COc1ccc([C@@H](C[N+](=O)[O-])[C@H](Sc2ccccc2)C(=O)c2nccn2-c2ccccc2)cc1. The number of thioether (sulfide) groups is 1. The van der Waals surface area contributed by atoms with E-state index in [4.69, 9.17) is 4.74 Å². The van der Waals surface area contributed by atoms with Gasteiger partial charge in [-0.25, -0.2) is 4.98 Å². The van der Waals surface area contributed by atoms with Crippen molar-refractivity contribution >= 4 is 17.5 Å². The van der Waals surface area contributed by atoms with E-state index in [2.05, 4.69) is 4.98 Å². The van der Waals surface area contributed by atoms with Crippen molar-refractivity contribution in [3.05, 3.63) is 119 Å². The third-order valence-electron chi connectivity index (χ3n) is 5.42. The molecular formula is C26H23N3O4S. The van der Waals surface area contributed by atoms with Crippen LogP contribution in [0, 0.1) is 10.1 Å². The number of carbonyl (C=O) groups excluding carboxylic acids is 1. The highest BCUT2D eigenvalue weighted by atomic mass is 32.2. The number of methoxy groups -OCH3 is 1. The van der Waals surface area contributed by atoms with E-state index in [1.807, 2.05) is 60.7 Å². The van der Waals surface area contributed by atoms with Gasteiger partial charge in [0.1, 0.15) is 5.75 Å². The van der Waals surface area contributed by atoms with Gasteiger partial charge in [-0.2, -0.15) is 0 Å². The van der Waals surface area contributed by atoms with Gasteiger partial charge in [0.2, 0.25) is 12.3 Å². The molecule has 0 amide bonds. The van der Waals surface area contributed by atoms with Gasteiger partial charge in [-0.1, -0.05) is 48.5 Å². The highest BCUT2D eigenvalue weighted by molar-refractivity contribution is 8.00. The molecule has 0 aliphatic heterocycles. The first-order chi connectivity index (χ1) is 16.6. The Kier molecular flexibility index (Phi) is 7.39. The zero-order valence-electron chi connectivity index (χ0n) is 18.5. The number of ketones is 1. The Labute approximate surface area is 201 Å². The van der Waals surface area contributed by atoms with E-state index in [1.165, 1.54) is 11.8 Å². The summed E-state index contributed by atoms with van der Waals surface area (Å²) >= 11 is 1.32. The molecule has 1 aromatic heterocycles. The molecule has 1 heterocycles. The number of Topliss-reactive ketones (excluding diaryl/α,β-unsaturated/α-hetero) is 1. The molecule has 0 bridgehead atoms. The third kappa shape index (κ3) is 5.35. The Morgan fingerprint density at radius 2 is 1.68 bits per heavy atom. The van der Waals surface area contributed by atoms with Crippen LogP contribution in [0.2, 0.25) is 0 Å². The van der Waals surface area contributed by atoms with Gasteiger partial charge >= 0.3 is 0 Å². The van der Waals surface area contributed by atoms with Crippen LogP contribution in [0.15, 0.2) is 102 Å². The molecular weight excluding hydrogens is 450 g/mol. The fourth-order valence-electron chi connectivity index (χ4n) is 3.76. The van der Waals surface area contributed by atoms with Crippen molar-refractivity contribution in [3.63, 3.8) is 0 Å². The minimum absolute atomic E-state index is 0.237. The van der Waals surface area contributed by atoms with Crippen molar-refractivity contribution in [1.82, 2.24) is 9.55 Å². The van der Waals surface area contributed by atoms with E-state index < -0.39 is 17.7 Å². The van der Waals surface area contributed by atoms with Crippen LogP contribution in [0.1, 0.15) is 22.1 Å². The summed E-state index contributed by atoms with van der Waals surface area (Å²) < 4.78 is 6.96. The smallest absolute Gasteiger partial charge is 0.212 e. The van der Waals surface area contributed by atoms with Gasteiger partial charge in [-0.3, -0.25) is 19.5 Å². The van der Waals surface area contributed by atoms with Crippen molar-refractivity contribution in [1.29, 1.82) is 0 Å². The fourth-order valence-corrected chi connectivity index (χ4v) is 4.99. The van der Waals surface area contributed by atoms with Crippen LogP contribution >= 0.6 is 11.8 Å². The van der Waals surface area contributed by atoms with Crippen LogP contribution in [-0.2, 0) is 0 Å². The number of rotatable bonds is 10. The number of hydrogen-bond donors (Lipinski definition) is 0. The van der Waals surface area contributed by atoms with Gasteiger partial charge < -0.3 is 4.74 Å². The van der Waals surface area contributed by atoms with E-state index in [-0.39, 0.29) is 16.5 Å².